The molecule has 0 aromatic heterocycles. The molecule has 0 N–H and O–H groups in total. The molecule has 0 spiro atoms. The fourth-order valence-corrected chi connectivity index (χ4v) is 3.44. The van der Waals surface area contributed by atoms with Gasteiger partial charge in [-0.25, -0.2) is 4.39 Å². The second-order valence-corrected chi connectivity index (χ2v) is 7.91. The summed E-state index contributed by atoms with van der Waals surface area (Å²) >= 11 is 3.28. The van der Waals surface area contributed by atoms with Crippen LogP contribution in [-0.2, 0) is 16.1 Å². The highest BCUT2D eigenvalue weighted by atomic mass is 79.9. The van der Waals surface area contributed by atoms with Crippen molar-refractivity contribution in [2.45, 2.75) is 26.3 Å². The summed E-state index contributed by atoms with van der Waals surface area (Å²) in [5.74, 6) is -0.220. The Labute approximate surface area is 170 Å². The Kier molecular flexibility index (Phi) is 9.68. The first kappa shape index (κ1) is 22.3. The molecule has 0 bridgehead atoms. The number of hydrogen-bond acceptors (Lipinski definition) is 4. The molecule has 1 aliphatic rings. The van der Waals surface area contributed by atoms with Gasteiger partial charge in [0.2, 0.25) is 5.91 Å². The molecule has 0 aliphatic carbocycles. The summed E-state index contributed by atoms with van der Waals surface area (Å²) < 4.78 is 20.3. The number of piperazine rings is 1. The minimum absolute atomic E-state index is 0.0612. The molecule has 1 amide bonds. The van der Waals surface area contributed by atoms with Crippen LogP contribution in [0, 0.1) is 5.82 Å². The maximum absolute atomic E-state index is 14.3. The number of rotatable bonds is 10. The third-order valence-electron chi connectivity index (χ3n) is 4.89. The van der Waals surface area contributed by atoms with E-state index >= 15 is 0 Å². The third-order valence-corrected chi connectivity index (χ3v) is 5.39. The van der Waals surface area contributed by atoms with Crippen molar-refractivity contribution in [3.05, 3.63) is 34.1 Å². The van der Waals surface area contributed by atoms with Crippen LogP contribution >= 0.6 is 15.9 Å². The topological polar surface area (TPSA) is 36.0 Å². The molecule has 5 nitrogen and oxygen atoms in total. The van der Waals surface area contributed by atoms with E-state index in [1.807, 2.05) is 13.0 Å². The van der Waals surface area contributed by atoms with Gasteiger partial charge in [-0.05, 0) is 32.5 Å². The highest BCUT2D eigenvalue weighted by Gasteiger charge is 2.19. The van der Waals surface area contributed by atoms with E-state index in [9.17, 15) is 9.18 Å². The molecule has 0 unspecified atom stereocenters. The molecule has 0 radical (unpaired) electrons. The fraction of sp³-hybridized carbons (Fsp3) is 0.650. The van der Waals surface area contributed by atoms with Gasteiger partial charge in [0.25, 0.3) is 0 Å². The Hall–Kier alpha value is -1.02. The number of amides is 1. The lowest BCUT2D eigenvalue weighted by Crippen LogP contribution is -2.47. The molecular formula is C20H31BrFN3O2. The van der Waals surface area contributed by atoms with E-state index in [-0.39, 0.29) is 11.7 Å². The van der Waals surface area contributed by atoms with Crippen molar-refractivity contribution in [1.29, 1.82) is 0 Å². The van der Waals surface area contributed by atoms with Gasteiger partial charge in [0, 0.05) is 75.5 Å². The predicted octanol–water partition coefficient (Wildman–Crippen LogP) is 2.98. The van der Waals surface area contributed by atoms with Gasteiger partial charge < -0.3 is 14.5 Å². The van der Waals surface area contributed by atoms with Crippen LogP contribution in [0.25, 0.3) is 0 Å². The lowest BCUT2D eigenvalue weighted by Gasteiger charge is -2.34. The maximum Gasteiger partial charge on any atom is 0.223 e. The van der Waals surface area contributed by atoms with Gasteiger partial charge >= 0.3 is 0 Å². The van der Waals surface area contributed by atoms with E-state index in [2.05, 4.69) is 32.8 Å². The predicted molar refractivity (Wildman–Crippen MR) is 109 cm³/mol. The first-order valence-electron chi connectivity index (χ1n) is 9.70. The van der Waals surface area contributed by atoms with Crippen molar-refractivity contribution in [1.82, 2.24) is 14.7 Å². The average Bonchev–Trinajstić information content (AvgIpc) is 2.65. The first-order valence-corrected chi connectivity index (χ1v) is 10.5. The van der Waals surface area contributed by atoms with Crippen molar-refractivity contribution < 1.29 is 13.9 Å². The Bertz CT molecular complexity index is 595. The molecule has 1 saturated heterocycles. The lowest BCUT2D eigenvalue weighted by atomic mass is 10.1. The van der Waals surface area contributed by atoms with E-state index < -0.39 is 0 Å². The number of likely N-dealkylation sites (N-methyl/N-ethyl adjacent to an activating group) is 1. The first-order chi connectivity index (χ1) is 13.0. The number of hydrogen-bond donors (Lipinski definition) is 0. The summed E-state index contributed by atoms with van der Waals surface area (Å²) in [6.45, 7) is 9.04. The van der Waals surface area contributed by atoms with Gasteiger partial charge in [0.1, 0.15) is 5.82 Å². The molecule has 1 aliphatic heterocycles. The van der Waals surface area contributed by atoms with Crippen LogP contribution in [0.1, 0.15) is 25.3 Å². The van der Waals surface area contributed by atoms with Crippen LogP contribution in [0.3, 0.4) is 0 Å². The molecule has 1 fully saturated rings. The summed E-state index contributed by atoms with van der Waals surface area (Å²) in [5.41, 5.74) is 0.551. The molecule has 0 saturated carbocycles. The number of halogens is 2. The Morgan fingerprint density at radius 3 is 2.70 bits per heavy atom. The Morgan fingerprint density at radius 2 is 2.04 bits per heavy atom. The molecular weight excluding hydrogens is 413 g/mol. The van der Waals surface area contributed by atoms with Crippen molar-refractivity contribution in [2.75, 3.05) is 59.5 Å². The number of carbonyl (C=O) groups excluding carboxylic acids is 1. The summed E-state index contributed by atoms with van der Waals surface area (Å²) in [4.78, 5) is 19.2. The number of benzene rings is 1. The van der Waals surface area contributed by atoms with Crippen LogP contribution in [0.4, 0.5) is 4.39 Å². The van der Waals surface area contributed by atoms with Gasteiger partial charge in [-0.1, -0.05) is 22.0 Å². The molecule has 1 aromatic carbocycles. The lowest BCUT2D eigenvalue weighted by molar-refractivity contribution is -0.132. The Morgan fingerprint density at radius 1 is 1.30 bits per heavy atom. The van der Waals surface area contributed by atoms with E-state index in [0.717, 1.165) is 32.7 Å². The van der Waals surface area contributed by atoms with Crippen molar-refractivity contribution >= 4 is 21.8 Å². The maximum atomic E-state index is 14.3. The van der Waals surface area contributed by atoms with Gasteiger partial charge in [0.05, 0.1) is 0 Å². The SMILES string of the molecule is CCOCCCC(=O)N(CCN1CCN(C)CC1)Cc1ccc(Br)cc1F. The van der Waals surface area contributed by atoms with E-state index in [1.165, 1.54) is 6.07 Å². The van der Waals surface area contributed by atoms with Gasteiger partial charge in [0.15, 0.2) is 0 Å². The quantitative estimate of drug-likeness (QED) is 0.520. The van der Waals surface area contributed by atoms with Crippen LogP contribution in [-0.4, -0.2) is 80.1 Å². The number of carbonyl (C=O) groups is 1. The largest absolute Gasteiger partial charge is 0.382 e. The van der Waals surface area contributed by atoms with E-state index in [0.29, 0.717) is 49.2 Å². The van der Waals surface area contributed by atoms with E-state index in [1.54, 1.807) is 11.0 Å². The van der Waals surface area contributed by atoms with Crippen LogP contribution in [0.5, 0.6) is 0 Å². The Balaban J connectivity index is 1.95. The van der Waals surface area contributed by atoms with Crippen molar-refractivity contribution in [3.63, 3.8) is 0 Å². The molecule has 1 aromatic rings. The summed E-state index contributed by atoms with van der Waals surface area (Å²) in [5, 5.41) is 0. The molecule has 2 rings (SSSR count). The number of ether oxygens (including phenoxy) is 1. The summed E-state index contributed by atoms with van der Waals surface area (Å²) in [6.07, 6.45) is 1.13. The van der Waals surface area contributed by atoms with Gasteiger partial charge in [-0.3, -0.25) is 9.69 Å². The smallest absolute Gasteiger partial charge is 0.223 e. The van der Waals surface area contributed by atoms with Crippen molar-refractivity contribution in [2.24, 2.45) is 0 Å². The number of nitrogens with zero attached hydrogens (tertiary/aromatic N) is 3. The molecule has 152 valence electrons. The average molecular weight is 444 g/mol. The zero-order valence-electron chi connectivity index (χ0n) is 16.4. The minimum Gasteiger partial charge on any atom is -0.382 e. The highest BCUT2D eigenvalue weighted by Crippen LogP contribution is 2.17. The zero-order valence-corrected chi connectivity index (χ0v) is 18.0. The standard InChI is InChI=1S/C20H31BrFN3O2/c1-3-27-14-4-5-20(26)25(13-12-24-10-8-23(2)9-11-24)16-17-6-7-18(21)15-19(17)22/h6-7,15H,3-5,8-14,16H2,1-2H3. The second-order valence-electron chi connectivity index (χ2n) is 7.00. The monoisotopic (exact) mass is 443 g/mol. The highest BCUT2D eigenvalue weighted by molar-refractivity contribution is 9.10. The van der Waals surface area contributed by atoms with Crippen LogP contribution < -0.4 is 0 Å². The van der Waals surface area contributed by atoms with Gasteiger partial charge in [-0.2, -0.15) is 0 Å². The summed E-state index contributed by atoms with van der Waals surface area (Å²) in [6, 6.07) is 5.01. The normalized spacial score (nSPS) is 15.9. The van der Waals surface area contributed by atoms with E-state index in [4.69, 9.17) is 4.74 Å². The zero-order chi connectivity index (χ0) is 19.6. The second kappa shape index (κ2) is 11.7. The molecule has 0 atom stereocenters. The third kappa shape index (κ3) is 7.86. The molecule has 27 heavy (non-hydrogen) atoms. The van der Waals surface area contributed by atoms with Crippen LogP contribution in [0.15, 0.2) is 22.7 Å². The van der Waals surface area contributed by atoms with Gasteiger partial charge in [-0.15, -0.1) is 0 Å². The summed E-state index contributed by atoms with van der Waals surface area (Å²) in [7, 11) is 2.13. The minimum atomic E-state index is -0.281. The van der Waals surface area contributed by atoms with Crippen molar-refractivity contribution in [3.8, 4) is 0 Å². The molecule has 7 heteroatoms. The molecule has 1 heterocycles. The fourth-order valence-electron chi connectivity index (χ4n) is 3.11. The van der Waals surface area contributed by atoms with Crippen LogP contribution in [0.2, 0.25) is 0 Å².